The van der Waals surface area contributed by atoms with Gasteiger partial charge < -0.3 is 21.1 Å². The average molecular weight is 408 g/mol. The Bertz CT molecular complexity index is 411. The lowest BCUT2D eigenvalue weighted by Gasteiger charge is -2.08. The highest BCUT2D eigenvalue weighted by Crippen LogP contribution is 2.26. The minimum absolute atomic E-state index is 0.0479. The van der Waals surface area contributed by atoms with Gasteiger partial charge in [0, 0.05) is 36.9 Å². The van der Waals surface area contributed by atoms with Gasteiger partial charge >= 0.3 is 0 Å². The second kappa shape index (κ2) is 17.5. The molecule has 26 heavy (non-hydrogen) atoms. The van der Waals surface area contributed by atoms with E-state index in [0.717, 1.165) is 31.4 Å². The molecule has 0 rings (SSSR count). The van der Waals surface area contributed by atoms with Crippen LogP contribution in [0.1, 0.15) is 52.4 Å². The van der Waals surface area contributed by atoms with Gasteiger partial charge in [0.25, 0.3) is 0 Å². The molecule has 0 aromatic rings. The van der Waals surface area contributed by atoms with Crippen molar-refractivity contribution in [3.05, 3.63) is 0 Å². The molecule has 0 aromatic carbocycles. The second-order valence-corrected chi connectivity index (χ2v) is 8.87. The molecule has 1 atom stereocenters. The van der Waals surface area contributed by atoms with E-state index in [9.17, 15) is 14.4 Å². The minimum Gasteiger partial charge on any atom is -0.395 e. The predicted molar refractivity (Wildman–Crippen MR) is 109 cm³/mol. The lowest BCUT2D eigenvalue weighted by atomic mass is 10.2. The third kappa shape index (κ3) is 16.5. The standard InChI is InChI=1S/C17H33N3O4S2/c1-3-4-5-7-15(22)20-12-17(24)19-10-8-16(23)18-9-6-11-25-26-14(2)13-21/h14,21H,3-13H2,1-2H3,(H,18,23)(H,19,24)(H,20,22). The van der Waals surface area contributed by atoms with Crippen molar-refractivity contribution in [3.63, 3.8) is 0 Å². The maximum atomic E-state index is 11.6. The van der Waals surface area contributed by atoms with Crippen molar-refractivity contribution in [2.24, 2.45) is 0 Å². The average Bonchev–Trinajstić information content (AvgIpc) is 2.62. The summed E-state index contributed by atoms with van der Waals surface area (Å²) in [6.07, 6.45) is 4.42. The molecule has 0 spiro atoms. The Kier molecular flexibility index (Phi) is 16.9. The first-order valence-electron chi connectivity index (χ1n) is 9.18. The molecule has 0 fully saturated rings. The number of carbonyl (C=O) groups excluding carboxylic acids is 3. The number of amides is 3. The smallest absolute Gasteiger partial charge is 0.239 e. The maximum absolute atomic E-state index is 11.6. The fraction of sp³-hybridized carbons (Fsp3) is 0.824. The van der Waals surface area contributed by atoms with Crippen LogP contribution >= 0.6 is 21.6 Å². The van der Waals surface area contributed by atoms with Crippen LogP contribution in [0.25, 0.3) is 0 Å². The summed E-state index contributed by atoms with van der Waals surface area (Å²) in [7, 11) is 3.33. The van der Waals surface area contributed by atoms with Gasteiger partial charge in [-0.1, -0.05) is 48.3 Å². The van der Waals surface area contributed by atoms with Gasteiger partial charge in [-0.25, -0.2) is 0 Å². The Labute approximate surface area is 164 Å². The summed E-state index contributed by atoms with van der Waals surface area (Å²) in [6, 6.07) is 0. The monoisotopic (exact) mass is 407 g/mol. The highest BCUT2D eigenvalue weighted by Gasteiger charge is 2.06. The molecule has 7 nitrogen and oxygen atoms in total. The zero-order valence-corrected chi connectivity index (χ0v) is 17.5. The van der Waals surface area contributed by atoms with Crippen molar-refractivity contribution in [2.45, 2.75) is 57.6 Å². The molecule has 0 aliphatic carbocycles. The Balaban J connectivity index is 3.51. The highest BCUT2D eigenvalue weighted by molar-refractivity contribution is 8.76. The van der Waals surface area contributed by atoms with Crippen LogP contribution in [0.5, 0.6) is 0 Å². The van der Waals surface area contributed by atoms with Crippen molar-refractivity contribution < 1.29 is 19.5 Å². The quantitative estimate of drug-likeness (QED) is 0.228. The van der Waals surface area contributed by atoms with E-state index in [1.807, 2.05) is 6.92 Å². The van der Waals surface area contributed by atoms with Crippen LogP contribution in [0.4, 0.5) is 0 Å². The van der Waals surface area contributed by atoms with E-state index in [0.29, 0.717) is 13.0 Å². The Morgan fingerprint density at radius 2 is 1.62 bits per heavy atom. The van der Waals surface area contributed by atoms with Crippen molar-refractivity contribution in [1.82, 2.24) is 16.0 Å². The number of carbonyl (C=O) groups is 3. The van der Waals surface area contributed by atoms with Crippen molar-refractivity contribution in [2.75, 3.05) is 32.0 Å². The minimum atomic E-state index is -0.284. The van der Waals surface area contributed by atoms with Crippen molar-refractivity contribution >= 4 is 39.3 Å². The Morgan fingerprint density at radius 1 is 0.923 bits per heavy atom. The van der Waals surface area contributed by atoms with Crippen LogP contribution in [-0.4, -0.2) is 60.1 Å². The van der Waals surface area contributed by atoms with Crippen LogP contribution in [0.3, 0.4) is 0 Å². The molecule has 0 heterocycles. The van der Waals surface area contributed by atoms with Crippen molar-refractivity contribution in [3.8, 4) is 0 Å². The largest absolute Gasteiger partial charge is 0.395 e. The molecule has 0 saturated carbocycles. The lowest BCUT2D eigenvalue weighted by molar-refractivity contribution is -0.126. The zero-order valence-electron chi connectivity index (χ0n) is 15.8. The van der Waals surface area contributed by atoms with E-state index in [1.54, 1.807) is 21.6 Å². The van der Waals surface area contributed by atoms with Gasteiger partial charge in [0.15, 0.2) is 0 Å². The van der Waals surface area contributed by atoms with Gasteiger partial charge in [0.2, 0.25) is 17.7 Å². The molecule has 1 unspecified atom stereocenters. The molecule has 0 aliphatic heterocycles. The van der Waals surface area contributed by atoms with E-state index in [2.05, 4.69) is 22.9 Å². The molecule has 0 bridgehead atoms. The third-order valence-corrected chi connectivity index (χ3v) is 6.31. The first-order chi connectivity index (χ1) is 12.5. The molecule has 4 N–H and O–H groups in total. The summed E-state index contributed by atoms with van der Waals surface area (Å²) in [5, 5.41) is 17.1. The predicted octanol–water partition coefficient (Wildman–Crippen LogP) is 1.46. The van der Waals surface area contributed by atoms with Gasteiger partial charge in [-0.05, 0) is 12.8 Å². The summed E-state index contributed by atoms with van der Waals surface area (Å²) < 4.78 is 0. The summed E-state index contributed by atoms with van der Waals surface area (Å²) >= 11 is 0. The fourth-order valence-electron chi connectivity index (χ4n) is 1.82. The van der Waals surface area contributed by atoms with Gasteiger partial charge in [0.05, 0.1) is 13.2 Å². The van der Waals surface area contributed by atoms with Gasteiger partial charge in [-0.2, -0.15) is 0 Å². The second-order valence-electron chi connectivity index (χ2n) is 5.95. The lowest BCUT2D eigenvalue weighted by Crippen LogP contribution is -2.38. The van der Waals surface area contributed by atoms with E-state index in [1.165, 1.54) is 0 Å². The number of nitrogens with one attached hydrogen (secondary N) is 3. The molecular weight excluding hydrogens is 374 g/mol. The highest BCUT2D eigenvalue weighted by atomic mass is 33.1. The van der Waals surface area contributed by atoms with E-state index in [4.69, 9.17) is 5.11 Å². The van der Waals surface area contributed by atoms with Gasteiger partial charge in [-0.15, -0.1) is 0 Å². The number of hydrogen-bond acceptors (Lipinski definition) is 6. The SMILES string of the molecule is CCCCCC(=O)NCC(=O)NCCC(=O)NCCCSSC(C)CO. The molecule has 3 amide bonds. The zero-order chi connectivity index (χ0) is 19.6. The van der Waals surface area contributed by atoms with Crippen molar-refractivity contribution in [1.29, 1.82) is 0 Å². The fourth-order valence-corrected chi connectivity index (χ4v) is 4.00. The van der Waals surface area contributed by atoms with E-state index in [-0.39, 0.29) is 49.1 Å². The number of aliphatic hydroxyl groups is 1. The van der Waals surface area contributed by atoms with Crippen LogP contribution in [-0.2, 0) is 14.4 Å². The normalized spacial score (nSPS) is 11.7. The number of hydrogen-bond donors (Lipinski definition) is 4. The van der Waals surface area contributed by atoms with Crippen LogP contribution < -0.4 is 16.0 Å². The van der Waals surface area contributed by atoms with E-state index >= 15 is 0 Å². The molecule has 0 saturated heterocycles. The number of aliphatic hydroxyl groups excluding tert-OH is 1. The first-order valence-corrected chi connectivity index (χ1v) is 11.6. The summed E-state index contributed by atoms with van der Waals surface area (Å²) in [5.41, 5.74) is 0. The Hall–Kier alpha value is -0.930. The first kappa shape index (κ1) is 25.1. The molecule has 0 radical (unpaired) electrons. The van der Waals surface area contributed by atoms with Gasteiger partial charge in [-0.3, -0.25) is 14.4 Å². The number of rotatable bonds is 16. The Morgan fingerprint density at radius 3 is 2.31 bits per heavy atom. The van der Waals surface area contributed by atoms with Crippen LogP contribution in [0, 0.1) is 0 Å². The van der Waals surface area contributed by atoms with Crippen LogP contribution in [0.15, 0.2) is 0 Å². The summed E-state index contributed by atoms with van der Waals surface area (Å²) in [5.74, 6) is 0.406. The molecule has 0 aromatic heterocycles. The third-order valence-electron chi connectivity index (χ3n) is 3.34. The topological polar surface area (TPSA) is 108 Å². The number of unbranched alkanes of at least 4 members (excludes halogenated alkanes) is 2. The summed E-state index contributed by atoms with van der Waals surface area (Å²) in [4.78, 5) is 34.7. The maximum Gasteiger partial charge on any atom is 0.239 e. The van der Waals surface area contributed by atoms with E-state index < -0.39 is 0 Å². The molecule has 0 aliphatic rings. The summed E-state index contributed by atoms with van der Waals surface area (Å²) in [6.45, 7) is 5.01. The molecule has 152 valence electrons. The van der Waals surface area contributed by atoms with Crippen LogP contribution in [0.2, 0.25) is 0 Å². The molecular formula is C17H33N3O4S2. The van der Waals surface area contributed by atoms with Gasteiger partial charge in [0.1, 0.15) is 0 Å². The molecule has 9 heteroatoms.